The Morgan fingerprint density at radius 1 is 1.12 bits per heavy atom. The third-order valence-electron chi connectivity index (χ3n) is 2.72. The second-order valence-corrected chi connectivity index (χ2v) is 5.49. The van der Waals surface area contributed by atoms with Crippen molar-refractivity contribution in [2.75, 3.05) is 0 Å². The molecule has 2 rings (SSSR count). The van der Waals surface area contributed by atoms with E-state index in [1.165, 1.54) is 0 Å². The molecule has 0 saturated heterocycles. The fraction of sp³-hybridized carbons (Fsp3) is 0.286. The highest BCUT2D eigenvalue weighted by Crippen LogP contribution is 2.36. The van der Waals surface area contributed by atoms with Gasteiger partial charge in [-0.05, 0) is 34.6 Å². The predicted molar refractivity (Wildman–Crippen MR) is 69.3 cm³/mol. The number of benzene rings is 2. The first-order valence-electron chi connectivity index (χ1n) is 5.31. The van der Waals surface area contributed by atoms with Crippen molar-refractivity contribution in [3.63, 3.8) is 0 Å². The Balaban J connectivity index is 2.91. The quantitative estimate of drug-likeness (QED) is 0.712. The minimum Gasteiger partial charge on any atom is -0.508 e. The summed E-state index contributed by atoms with van der Waals surface area (Å²) in [6, 6.07) is 9.30. The number of hydrogen-bond donors (Lipinski definition) is 1. The van der Waals surface area contributed by atoms with Crippen LogP contribution >= 0.6 is 11.6 Å². The Bertz CT molecular complexity index is 538. The largest absolute Gasteiger partial charge is 0.508 e. The third-order valence-corrected chi connectivity index (χ3v) is 3.03. The van der Waals surface area contributed by atoms with Gasteiger partial charge in [0.2, 0.25) is 0 Å². The summed E-state index contributed by atoms with van der Waals surface area (Å²) in [5, 5.41) is 12.5. The van der Waals surface area contributed by atoms with Crippen LogP contribution in [-0.4, -0.2) is 5.11 Å². The number of fused-ring (bicyclic) bond motifs is 1. The maximum absolute atomic E-state index is 9.72. The van der Waals surface area contributed by atoms with E-state index in [1.807, 2.05) is 18.2 Å². The lowest BCUT2D eigenvalue weighted by molar-refractivity contribution is 0.472. The molecule has 0 atom stereocenters. The molecule has 2 heteroatoms. The third kappa shape index (κ3) is 1.88. The summed E-state index contributed by atoms with van der Waals surface area (Å²) in [7, 11) is 0. The van der Waals surface area contributed by atoms with E-state index in [0.29, 0.717) is 5.75 Å². The lowest BCUT2D eigenvalue weighted by Gasteiger charge is -2.22. The Morgan fingerprint density at radius 2 is 1.81 bits per heavy atom. The topological polar surface area (TPSA) is 20.2 Å². The van der Waals surface area contributed by atoms with Crippen LogP contribution in [0.15, 0.2) is 30.3 Å². The highest BCUT2D eigenvalue weighted by atomic mass is 35.5. The normalized spacial score (nSPS) is 12.0. The number of hydrogen-bond acceptors (Lipinski definition) is 1. The minimum absolute atomic E-state index is 0.0397. The zero-order chi connectivity index (χ0) is 11.9. The molecule has 0 unspecified atom stereocenters. The van der Waals surface area contributed by atoms with Gasteiger partial charge in [0, 0.05) is 10.4 Å². The molecule has 0 radical (unpaired) electrons. The number of phenols is 1. The molecule has 0 aromatic heterocycles. The average molecular weight is 235 g/mol. The first kappa shape index (κ1) is 11.3. The first-order chi connectivity index (χ1) is 7.39. The van der Waals surface area contributed by atoms with E-state index >= 15 is 0 Å². The lowest BCUT2D eigenvalue weighted by atomic mass is 9.83. The van der Waals surface area contributed by atoms with Crippen LogP contribution in [0.5, 0.6) is 5.75 Å². The molecule has 0 aliphatic heterocycles. The van der Waals surface area contributed by atoms with Gasteiger partial charge < -0.3 is 5.11 Å². The fourth-order valence-corrected chi connectivity index (χ4v) is 2.24. The van der Waals surface area contributed by atoms with Crippen LogP contribution in [-0.2, 0) is 5.41 Å². The van der Waals surface area contributed by atoms with Crippen molar-refractivity contribution >= 4 is 22.4 Å². The molecule has 0 aliphatic carbocycles. The predicted octanol–water partition coefficient (Wildman–Crippen LogP) is 4.50. The number of phenolic OH excluding ortho intramolecular Hbond substituents is 1. The monoisotopic (exact) mass is 234 g/mol. The fourth-order valence-electron chi connectivity index (χ4n) is 1.96. The van der Waals surface area contributed by atoms with Gasteiger partial charge in [-0.3, -0.25) is 0 Å². The minimum atomic E-state index is -0.0397. The Hall–Kier alpha value is -1.21. The summed E-state index contributed by atoms with van der Waals surface area (Å²) >= 11 is 6.24. The van der Waals surface area contributed by atoms with Crippen molar-refractivity contribution in [3.8, 4) is 5.75 Å². The molecule has 2 aromatic rings. The molecule has 0 spiro atoms. The smallest absolute Gasteiger partial charge is 0.116 e. The van der Waals surface area contributed by atoms with Crippen molar-refractivity contribution in [2.45, 2.75) is 26.2 Å². The second kappa shape index (κ2) is 3.67. The van der Waals surface area contributed by atoms with E-state index in [1.54, 1.807) is 12.1 Å². The summed E-state index contributed by atoms with van der Waals surface area (Å²) in [6.45, 7) is 6.35. The Labute approximate surface area is 101 Å². The van der Waals surface area contributed by atoms with E-state index in [9.17, 15) is 5.11 Å². The van der Waals surface area contributed by atoms with Crippen molar-refractivity contribution < 1.29 is 5.11 Å². The van der Waals surface area contributed by atoms with Gasteiger partial charge in [0.15, 0.2) is 0 Å². The van der Waals surface area contributed by atoms with Crippen molar-refractivity contribution in [1.29, 1.82) is 0 Å². The summed E-state index contributed by atoms with van der Waals surface area (Å²) < 4.78 is 0. The zero-order valence-corrected chi connectivity index (χ0v) is 10.5. The van der Waals surface area contributed by atoms with Gasteiger partial charge in [-0.2, -0.15) is 0 Å². The van der Waals surface area contributed by atoms with Crippen LogP contribution < -0.4 is 0 Å². The van der Waals surface area contributed by atoms with Crippen LogP contribution in [0, 0.1) is 0 Å². The van der Waals surface area contributed by atoms with Gasteiger partial charge in [0.25, 0.3) is 0 Å². The van der Waals surface area contributed by atoms with Crippen molar-refractivity contribution in [1.82, 2.24) is 0 Å². The van der Waals surface area contributed by atoms with E-state index in [4.69, 9.17) is 11.6 Å². The second-order valence-electron chi connectivity index (χ2n) is 5.08. The SMILES string of the molecule is CC(C)(C)c1cc(O)cc2cccc(Cl)c12. The molecule has 84 valence electrons. The molecule has 0 bridgehead atoms. The molecule has 2 aromatic carbocycles. The van der Waals surface area contributed by atoms with Gasteiger partial charge in [-0.1, -0.05) is 44.5 Å². The molecule has 1 N–H and O–H groups in total. The van der Waals surface area contributed by atoms with Gasteiger partial charge in [0.1, 0.15) is 5.75 Å². The highest BCUT2D eigenvalue weighted by Gasteiger charge is 2.19. The molecule has 0 fully saturated rings. The molecular weight excluding hydrogens is 220 g/mol. The van der Waals surface area contributed by atoms with E-state index in [2.05, 4.69) is 20.8 Å². The molecule has 0 aliphatic rings. The van der Waals surface area contributed by atoms with Crippen LogP contribution in [0.4, 0.5) is 0 Å². The van der Waals surface area contributed by atoms with Gasteiger partial charge in [-0.15, -0.1) is 0 Å². The summed E-state index contributed by atoms with van der Waals surface area (Å²) in [4.78, 5) is 0. The summed E-state index contributed by atoms with van der Waals surface area (Å²) in [5.41, 5.74) is 1.04. The van der Waals surface area contributed by atoms with Crippen LogP contribution in [0.3, 0.4) is 0 Å². The summed E-state index contributed by atoms with van der Waals surface area (Å²) in [5.74, 6) is 0.291. The number of aromatic hydroxyl groups is 1. The van der Waals surface area contributed by atoms with Crippen LogP contribution in [0.2, 0.25) is 5.02 Å². The highest BCUT2D eigenvalue weighted by molar-refractivity contribution is 6.35. The van der Waals surface area contributed by atoms with Crippen LogP contribution in [0.1, 0.15) is 26.3 Å². The molecule has 0 saturated carbocycles. The molecular formula is C14H15ClO. The number of rotatable bonds is 0. The average Bonchev–Trinajstić information content (AvgIpc) is 2.15. The zero-order valence-electron chi connectivity index (χ0n) is 9.71. The maximum Gasteiger partial charge on any atom is 0.116 e. The summed E-state index contributed by atoms with van der Waals surface area (Å²) in [6.07, 6.45) is 0. The van der Waals surface area contributed by atoms with Gasteiger partial charge >= 0.3 is 0 Å². The van der Waals surface area contributed by atoms with Crippen molar-refractivity contribution in [3.05, 3.63) is 40.9 Å². The van der Waals surface area contributed by atoms with Crippen molar-refractivity contribution in [2.24, 2.45) is 0 Å². The van der Waals surface area contributed by atoms with E-state index in [-0.39, 0.29) is 5.41 Å². The number of halogens is 1. The van der Waals surface area contributed by atoms with Crippen LogP contribution in [0.25, 0.3) is 10.8 Å². The molecule has 1 nitrogen and oxygen atoms in total. The molecule has 16 heavy (non-hydrogen) atoms. The molecule has 0 amide bonds. The van der Waals surface area contributed by atoms with E-state index in [0.717, 1.165) is 21.4 Å². The van der Waals surface area contributed by atoms with Gasteiger partial charge in [-0.25, -0.2) is 0 Å². The van der Waals surface area contributed by atoms with Gasteiger partial charge in [0.05, 0.1) is 0 Å². The molecule has 0 heterocycles. The maximum atomic E-state index is 9.72. The Kier molecular flexibility index (Phi) is 2.59. The van der Waals surface area contributed by atoms with E-state index < -0.39 is 0 Å². The standard InChI is InChI=1S/C14H15ClO/c1-14(2,3)11-8-10(16)7-9-5-4-6-12(15)13(9)11/h4-8,16H,1-3H3. The lowest BCUT2D eigenvalue weighted by Crippen LogP contribution is -2.11. The Morgan fingerprint density at radius 3 is 2.44 bits per heavy atom. The first-order valence-corrected chi connectivity index (χ1v) is 5.69.